The van der Waals surface area contributed by atoms with E-state index in [9.17, 15) is 9.59 Å². The average molecular weight is 327 g/mol. The van der Waals surface area contributed by atoms with Crippen molar-refractivity contribution in [2.45, 2.75) is 20.3 Å². The summed E-state index contributed by atoms with van der Waals surface area (Å²) >= 11 is 0. The predicted molar refractivity (Wildman–Crippen MR) is 92.1 cm³/mol. The van der Waals surface area contributed by atoms with Gasteiger partial charge in [0.25, 0.3) is 0 Å². The van der Waals surface area contributed by atoms with E-state index in [4.69, 9.17) is 9.47 Å². The molecule has 0 aromatic heterocycles. The maximum atomic E-state index is 12.1. The van der Waals surface area contributed by atoms with Crippen LogP contribution in [0.1, 0.15) is 18.1 Å². The van der Waals surface area contributed by atoms with Crippen LogP contribution >= 0.6 is 0 Å². The van der Waals surface area contributed by atoms with Crippen LogP contribution in [0.5, 0.6) is 5.75 Å². The Kier molecular flexibility index (Phi) is 6.37. The molecule has 1 N–H and O–H groups in total. The molecule has 0 aliphatic rings. The molecular weight excluding hydrogens is 306 g/mol. The minimum atomic E-state index is -0.425. The van der Waals surface area contributed by atoms with Gasteiger partial charge in [-0.15, -0.1) is 0 Å². The molecule has 0 spiro atoms. The van der Waals surface area contributed by atoms with Gasteiger partial charge < -0.3 is 14.8 Å². The highest BCUT2D eigenvalue weighted by Crippen LogP contribution is 2.17. The van der Waals surface area contributed by atoms with Gasteiger partial charge in [-0.3, -0.25) is 4.79 Å². The molecule has 0 aliphatic heterocycles. The number of aryl methyl sites for hydroxylation is 1. The second-order valence-electron chi connectivity index (χ2n) is 5.33. The van der Waals surface area contributed by atoms with Crippen molar-refractivity contribution in [2.24, 2.45) is 0 Å². The molecule has 2 rings (SSSR count). The van der Waals surface area contributed by atoms with E-state index in [2.05, 4.69) is 5.32 Å². The summed E-state index contributed by atoms with van der Waals surface area (Å²) in [5.74, 6) is -0.0381. The van der Waals surface area contributed by atoms with Crippen LogP contribution in [0.4, 0.5) is 5.69 Å². The molecule has 0 saturated heterocycles. The first-order valence-corrected chi connectivity index (χ1v) is 7.80. The number of hydrogen-bond acceptors (Lipinski definition) is 4. The van der Waals surface area contributed by atoms with Crippen molar-refractivity contribution in [3.05, 3.63) is 59.7 Å². The second-order valence-corrected chi connectivity index (χ2v) is 5.33. The highest BCUT2D eigenvalue weighted by molar-refractivity contribution is 5.92. The number of amides is 1. The van der Waals surface area contributed by atoms with Crippen LogP contribution in [0.2, 0.25) is 0 Å². The molecule has 0 heterocycles. The number of ether oxygens (including phenoxy) is 2. The summed E-state index contributed by atoms with van der Waals surface area (Å²) < 4.78 is 10.1. The first kappa shape index (κ1) is 17.5. The van der Waals surface area contributed by atoms with Crippen LogP contribution in [0.25, 0.3) is 0 Å². The Hall–Kier alpha value is -2.82. The third kappa shape index (κ3) is 5.76. The number of carbonyl (C=O) groups excluding carboxylic acids is 2. The van der Waals surface area contributed by atoms with Crippen LogP contribution in [0.15, 0.2) is 48.5 Å². The molecule has 0 unspecified atom stereocenters. The third-order valence-electron chi connectivity index (χ3n) is 3.27. The molecule has 0 fully saturated rings. The molecule has 0 aliphatic carbocycles. The molecule has 0 radical (unpaired) electrons. The first-order chi connectivity index (χ1) is 11.6. The smallest absolute Gasteiger partial charge is 0.344 e. The lowest BCUT2D eigenvalue weighted by Crippen LogP contribution is -2.16. The summed E-state index contributed by atoms with van der Waals surface area (Å²) in [6, 6.07) is 14.7. The van der Waals surface area contributed by atoms with E-state index in [0.29, 0.717) is 24.5 Å². The molecular formula is C19H21NO4. The monoisotopic (exact) mass is 327 g/mol. The quantitative estimate of drug-likeness (QED) is 0.794. The minimum Gasteiger partial charge on any atom is -0.482 e. The van der Waals surface area contributed by atoms with Gasteiger partial charge in [-0.05, 0) is 31.5 Å². The SMILES string of the molecule is CCOC(=O)COc1cccc(NC(=O)Cc2ccc(C)cc2)c1. The number of anilines is 1. The Bertz CT molecular complexity index is 695. The van der Waals surface area contributed by atoms with Crippen molar-refractivity contribution in [1.29, 1.82) is 0 Å². The lowest BCUT2D eigenvalue weighted by Gasteiger charge is -2.09. The van der Waals surface area contributed by atoms with Crippen molar-refractivity contribution in [1.82, 2.24) is 0 Å². The Morgan fingerprint density at radius 1 is 1.08 bits per heavy atom. The first-order valence-electron chi connectivity index (χ1n) is 7.80. The van der Waals surface area contributed by atoms with Gasteiger partial charge in [0.1, 0.15) is 5.75 Å². The Morgan fingerprint density at radius 2 is 1.83 bits per heavy atom. The summed E-state index contributed by atoms with van der Waals surface area (Å²) in [4.78, 5) is 23.4. The fourth-order valence-electron chi connectivity index (χ4n) is 2.11. The molecule has 24 heavy (non-hydrogen) atoms. The minimum absolute atomic E-state index is 0.110. The zero-order valence-corrected chi connectivity index (χ0v) is 13.9. The average Bonchev–Trinajstić information content (AvgIpc) is 2.56. The van der Waals surface area contributed by atoms with E-state index in [0.717, 1.165) is 11.1 Å². The van der Waals surface area contributed by atoms with E-state index in [1.807, 2.05) is 31.2 Å². The molecule has 5 nitrogen and oxygen atoms in total. The number of esters is 1. The fraction of sp³-hybridized carbons (Fsp3) is 0.263. The molecule has 0 bridgehead atoms. The van der Waals surface area contributed by atoms with Crippen molar-refractivity contribution in [2.75, 3.05) is 18.5 Å². The maximum absolute atomic E-state index is 12.1. The molecule has 2 aromatic carbocycles. The molecule has 5 heteroatoms. The summed E-state index contributed by atoms with van der Waals surface area (Å²) in [6.45, 7) is 3.90. The Morgan fingerprint density at radius 3 is 2.54 bits per heavy atom. The van der Waals surface area contributed by atoms with Crippen LogP contribution in [-0.4, -0.2) is 25.1 Å². The van der Waals surface area contributed by atoms with Gasteiger partial charge in [0, 0.05) is 11.8 Å². The predicted octanol–water partition coefficient (Wildman–Crippen LogP) is 3.12. The van der Waals surface area contributed by atoms with Gasteiger partial charge >= 0.3 is 5.97 Å². The normalized spacial score (nSPS) is 10.1. The van der Waals surface area contributed by atoms with E-state index < -0.39 is 5.97 Å². The molecule has 0 atom stereocenters. The molecule has 1 amide bonds. The van der Waals surface area contributed by atoms with Crippen molar-refractivity contribution in [3.8, 4) is 5.75 Å². The number of benzene rings is 2. The lowest BCUT2D eigenvalue weighted by molar-refractivity contribution is -0.145. The second kappa shape index (κ2) is 8.72. The highest BCUT2D eigenvalue weighted by Gasteiger charge is 2.07. The number of rotatable bonds is 7. The van der Waals surface area contributed by atoms with Crippen LogP contribution in [0.3, 0.4) is 0 Å². The van der Waals surface area contributed by atoms with E-state index in [-0.39, 0.29) is 12.5 Å². The van der Waals surface area contributed by atoms with Gasteiger partial charge in [-0.1, -0.05) is 35.9 Å². The van der Waals surface area contributed by atoms with Crippen molar-refractivity contribution >= 4 is 17.6 Å². The molecule has 0 saturated carbocycles. The van der Waals surface area contributed by atoms with Gasteiger partial charge in [0.15, 0.2) is 6.61 Å². The summed E-state index contributed by atoms with van der Waals surface area (Å²) in [5.41, 5.74) is 2.73. The standard InChI is InChI=1S/C19H21NO4/c1-3-23-19(22)13-24-17-6-4-5-16(12-17)20-18(21)11-15-9-7-14(2)8-10-15/h4-10,12H,3,11,13H2,1-2H3,(H,20,21). The van der Waals surface area contributed by atoms with E-state index in [1.165, 1.54) is 0 Å². The van der Waals surface area contributed by atoms with E-state index in [1.54, 1.807) is 31.2 Å². The topological polar surface area (TPSA) is 64.6 Å². The highest BCUT2D eigenvalue weighted by atomic mass is 16.6. The van der Waals surface area contributed by atoms with Gasteiger partial charge in [0.2, 0.25) is 5.91 Å². The number of nitrogens with one attached hydrogen (secondary N) is 1. The summed E-state index contributed by atoms with van der Waals surface area (Å²) in [5, 5.41) is 2.82. The summed E-state index contributed by atoms with van der Waals surface area (Å²) in [6.07, 6.45) is 0.300. The lowest BCUT2D eigenvalue weighted by atomic mass is 10.1. The van der Waals surface area contributed by atoms with Gasteiger partial charge in [0.05, 0.1) is 13.0 Å². The molecule has 126 valence electrons. The zero-order valence-electron chi connectivity index (χ0n) is 13.9. The third-order valence-corrected chi connectivity index (χ3v) is 3.27. The number of hydrogen-bond donors (Lipinski definition) is 1. The maximum Gasteiger partial charge on any atom is 0.344 e. The summed E-state index contributed by atoms with van der Waals surface area (Å²) in [7, 11) is 0. The van der Waals surface area contributed by atoms with Crippen molar-refractivity contribution in [3.63, 3.8) is 0 Å². The largest absolute Gasteiger partial charge is 0.482 e. The Labute approximate surface area is 141 Å². The van der Waals surface area contributed by atoms with Crippen LogP contribution < -0.4 is 10.1 Å². The number of carbonyl (C=O) groups is 2. The van der Waals surface area contributed by atoms with E-state index >= 15 is 0 Å². The van der Waals surface area contributed by atoms with Crippen LogP contribution in [0, 0.1) is 6.92 Å². The Balaban J connectivity index is 1.89. The van der Waals surface area contributed by atoms with Gasteiger partial charge in [-0.25, -0.2) is 4.79 Å². The fourth-order valence-corrected chi connectivity index (χ4v) is 2.11. The van der Waals surface area contributed by atoms with Crippen LogP contribution in [-0.2, 0) is 20.7 Å². The zero-order chi connectivity index (χ0) is 17.4. The molecule has 2 aromatic rings. The van der Waals surface area contributed by atoms with Crippen molar-refractivity contribution < 1.29 is 19.1 Å². The van der Waals surface area contributed by atoms with Gasteiger partial charge in [-0.2, -0.15) is 0 Å².